The van der Waals surface area contributed by atoms with Crippen LogP contribution >= 0.6 is 0 Å². The number of fused-ring (bicyclic) bond motifs is 1. The number of sulfonamides is 1. The van der Waals surface area contributed by atoms with Crippen LogP contribution in [0.2, 0.25) is 0 Å². The van der Waals surface area contributed by atoms with Crippen LogP contribution in [0.3, 0.4) is 0 Å². The van der Waals surface area contributed by atoms with E-state index in [0.717, 1.165) is 43.6 Å². The third kappa shape index (κ3) is 4.38. The number of benzene rings is 1. The normalized spacial score (nSPS) is 18.4. The van der Waals surface area contributed by atoms with Gasteiger partial charge in [0, 0.05) is 37.4 Å². The summed E-state index contributed by atoms with van der Waals surface area (Å²) in [6.07, 6.45) is 5.52. The van der Waals surface area contributed by atoms with Gasteiger partial charge in [-0.2, -0.15) is 0 Å². The van der Waals surface area contributed by atoms with Crippen molar-refractivity contribution in [2.75, 3.05) is 19.6 Å². The van der Waals surface area contributed by atoms with Crippen molar-refractivity contribution in [2.24, 2.45) is 5.92 Å². The predicted molar refractivity (Wildman–Crippen MR) is 109 cm³/mol. The van der Waals surface area contributed by atoms with E-state index in [-0.39, 0.29) is 10.8 Å². The summed E-state index contributed by atoms with van der Waals surface area (Å²) in [5, 5.41) is 0.824. The van der Waals surface area contributed by atoms with Gasteiger partial charge in [-0.15, -0.1) is 0 Å². The molecule has 146 valence electrons. The molecule has 1 aromatic carbocycles. The molecule has 0 amide bonds. The summed E-state index contributed by atoms with van der Waals surface area (Å²) in [4.78, 5) is 11.3. The van der Waals surface area contributed by atoms with Crippen LogP contribution < -0.4 is 4.72 Å². The molecular weight excluding hydrogens is 372 g/mol. The first-order valence-electron chi connectivity index (χ1n) is 9.57. The third-order valence-electron chi connectivity index (χ3n) is 5.16. The third-order valence-corrected chi connectivity index (χ3v) is 6.62. The van der Waals surface area contributed by atoms with Crippen molar-refractivity contribution < 1.29 is 8.42 Å². The van der Waals surface area contributed by atoms with Crippen molar-refractivity contribution in [3.63, 3.8) is 0 Å². The second-order valence-electron chi connectivity index (χ2n) is 7.25. The fourth-order valence-corrected chi connectivity index (χ4v) is 5.07. The summed E-state index contributed by atoms with van der Waals surface area (Å²) in [5.74, 6) is 0.287. The van der Waals surface area contributed by atoms with Gasteiger partial charge in [0.1, 0.15) is 4.90 Å². The summed E-state index contributed by atoms with van der Waals surface area (Å²) >= 11 is 0. The van der Waals surface area contributed by atoms with E-state index in [4.69, 9.17) is 0 Å². The number of nitrogens with zero attached hydrogens (tertiary/aromatic N) is 3. The van der Waals surface area contributed by atoms with E-state index in [9.17, 15) is 8.42 Å². The zero-order chi connectivity index (χ0) is 19.4. The quantitative estimate of drug-likeness (QED) is 0.693. The second kappa shape index (κ2) is 8.34. The second-order valence-corrected chi connectivity index (χ2v) is 8.98. The van der Waals surface area contributed by atoms with Gasteiger partial charge in [0.15, 0.2) is 0 Å². The van der Waals surface area contributed by atoms with Crippen LogP contribution in [0.25, 0.3) is 10.9 Å². The molecule has 1 N–H and O–H groups in total. The van der Waals surface area contributed by atoms with Crippen molar-refractivity contribution in [1.29, 1.82) is 0 Å². The van der Waals surface area contributed by atoms with Crippen molar-refractivity contribution in [1.82, 2.24) is 19.6 Å². The van der Waals surface area contributed by atoms with E-state index in [2.05, 4.69) is 19.6 Å². The van der Waals surface area contributed by atoms with E-state index in [1.807, 2.05) is 42.6 Å². The van der Waals surface area contributed by atoms with Gasteiger partial charge in [-0.3, -0.25) is 14.9 Å². The molecule has 1 aliphatic heterocycles. The number of rotatable bonds is 6. The summed E-state index contributed by atoms with van der Waals surface area (Å²) < 4.78 is 28.6. The minimum Gasteiger partial charge on any atom is -0.297 e. The van der Waals surface area contributed by atoms with Crippen LogP contribution in [-0.4, -0.2) is 42.9 Å². The Morgan fingerprint density at radius 3 is 2.75 bits per heavy atom. The molecule has 0 saturated carbocycles. The SMILES string of the molecule is O=S(=O)(NCC1CCCN(Cc2ccccn2)C1)c1cccc2cccnc12. The molecule has 0 aliphatic carbocycles. The Labute approximate surface area is 165 Å². The van der Waals surface area contributed by atoms with Gasteiger partial charge in [-0.1, -0.05) is 24.3 Å². The van der Waals surface area contributed by atoms with Crippen LogP contribution in [0.5, 0.6) is 0 Å². The highest BCUT2D eigenvalue weighted by Gasteiger charge is 2.24. The minimum absolute atomic E-state index is 0.242. The van der Waals surface area contributed by atoms with Crippen molar-refractivity contribution >= 4 is 20.9 Å². The Hall–Kier alpha value is -2.35. The van der Waals surface area contributed by atoms with Crippen molar-refractivity contribution in [2.45, 2.75) is 24.3 Å². The molecule has 0 spiro atoms. The maximum atomic E-state index is 12.9. The molecule has 1 fully saturated rings. The zero-order valence-corrected chi connectivity index (χ0v) is 16.5. The number of hydrogen-bond donors (Lipinski definition) is 1. The van der Waals surface area contributed by atoms with Crippen LogP contribution in [0.1, 0.15) is 18.5 Å². The first-order chi connectivity index (χ1) is 13.6. The van der Waals surface area contributed by atoms with Gasteiger partial charge in [-0.05, 0) is 49.6 Å². The lowest BCUT2D eigenvalue weighted by Gasteiger charge is -2.32. The smallest absolute Gasteiger partial charge is 0.242 e. The average molecular weight is 397 g/mol. The number of piperidine rings is 1. The van der Waals surface area contributed by atoms with Crippen LogP contribution in [0.15, 0.2) is 65.8 Å². The molecule has 1 unspecified atom stereocenters. The highest BCUT2D eigenvalue weighted by atomic mass is 32.2. The largest absolute Gasteiger partial charge is 0.297 e. The lowest BCUT2D eigenvalue weighted by molar-refractivity contribution is 0.167. The number of aromatic nitrogens is 2. The first-order valence-corrected chi connectivity index (χ1v) is 11.1. The zero-order valence-electron chi connectivity index (χ0n) is 15.7. The van der Waals surface area contributed by atoms with Crippen LogP contribution in [0, 0.1) is 5.92 Å². The summed E-state index contributed by atoms with van der Waals surface area (Å²) in [6.45, 7) is 3.13. The van der Waals surface area contributed by atoms with E-state index in [1.165, 1.54) is 0 Å². The fraction of sp³-hybridized carbons (Fsp3) is 0.333. The van der Waals surface area contributed by atoms with Gasteiger partial charge < -0.3 is 0 Å². The monoisotopic (exact) mass is 396 g/mol. The topological polar surface area (TPSA) is 75.2 Å². The molecule has 1 atom stereocenters. The molecular formula is C21H24N4O2S. The maximum Gasteiger partial charge on any atom is 0.242 e. The van der Waals surface area contributed by atoms with Gasteiger partial charge >= 0.3 is 0 Å². The first kappa shape index (κ1) is 19.0. The van der Waals surface area contributed by atoms with Gasteiger partial charge in [0.05, 0.1) is 11.2 Å². The number of para-hydroxylation sites is 1. The summed E-state index contributed by atoms with van der Waals surface area (Å²) in [5.41, 5.74) is 1.56. The number of pyridine rings is 2. The maximum absolute atomic E-state index is 12.9. The number of nitrogens with one attached hydrogen (secondary N) is 1. The Kier molecular flexibility index (Phi) is 5.66. The Bertz CT molecular complexity index is 1040. The molecule has 1 aliphatic rings. The summed E-state index contributed by atoms with van der Waals surface area (Å²) in [6, 6.07) is 14.9. The predicted octanol–water partition coefficient (Wildman–Crippen LogP) is 2.82. The van der Waals surface area contributed by atoms with Gasteiger partial charge in [0.25, 0.3) is 0 Å². The number of likely N-dealkylation sites (tertiary alicyclic amines) is 1. The van der Waals surface area contributed by atoms with Crippen molar-refractivity contribution in [3.05, 3.63) is 66.6 Å². The Morgan fingerprint density at radius 1 is 1.04 bits per heavy atom. The minimum atomic E-state index is -3.61. The number of hydrogen-bond acceptors (Lipinski definition) is 5. The summed E-state index contributed by atoms with van der Waals surface area (Å²) in [7, 11) is -3.61. The standard InChI is InChI=1S/C21H24N4O2S/c26-28(27,20-10-3-7-18-8-4-12-23-21(18)20)24-14-17-6-5-13-25(15-17)16-19-9-1-2-11-22-19/h1-4,7-12,17,24H,5-6,13-16H2. The van der Waals surface area contributed by atoms with Crippen molar-refractivity contribution in [3.8, 4) is 0 Å². The highest BCUT2D eigenvalue weighted by Crippen LogP contribution is 2.22. The highest BCUT2D eigenvalue weighted by molar-refractivity contribution is 7.89. The lowest BCUT2D eigenvalue weighted by Crippen LogP contribution is -2.40. The van der Waals surface area contributed by atoms with E-state index >= 15 is 0 Å². The molecule has 4 rings (SSSR count). The van der Waals surface area contributed by atoms with E-state index in [0.29, 0.717) is 12.1 Å². The van der Waals surface area contributed by atoms with E-state index in [1.54, 1.807) is 18.3 Å². The molecule has 0 bridgehead atoms. The Balaban J connectivity index is 1.41. The van der Waals surface area contributed by atoms with Crippen LogP contribution in [0.4, 0.5) is 0 Å². The molecule has 2 aromatic heterocycles. The fourth-order valence-electron chi connectivity index (χ4n) is 3.78. The molecule has 3 heterocycles. The van der Waals surface area contributed by atoms with E-state index < -0.39 is 10.0 Å². The molecule has 6 nitrogen and oxygen atoms in total. The molecule has 7 heteroatoms. The van der Waals surface area contributed by atoms with Gasteiger partial charge in [-0.25, -0.2) is 13.1 Å². The molecule has 28 heavy (non-hydrogen) atoms. The lowest BCUT2D eigenvalue weighted by atomic mass is 9.98. The molecule has 1 saturated heterocycles. The average Bonchev–Trinajstić information content (AvgIpc) is 2.73. The molecule has 0 radical (unpaired) electrons. The van der Waals surface area contributed by atoms with Gasteiger partial charge in [0.2, 0.25) is 10.0 Å². The molecule has 3 aromatic rings. The van der Waals surface area contributed by atoms with Crippen LogP contribution in [-0.2, 0) is 16.6 Å². The Morgan fingerprint density at radius 2 is 1.89 bits per heavy atom.